The van der Waals surface area contributed by atoms with Crippen molar-refractivity contribution in [1.82, 2.24) is 4.90 Å². The minimum atomic E-state index is -0.664. The zero-order valence-electron chi connectivity index (χ0n) is 12.1. The first kappa shape index (κ1) is 15.3. The van der Waals surface area contributed by atoms with Crippen LogP contribution < -0.4 is 9.47 Å². The predicted molar refractivity (Wildman–Crippen MR) is 72.8 cm³/mol. The number of benzene rings is 1. The van der Waals surface area contributed by atoms with E-state index in [-0.39, 0.29) is 12.5 Å². The minimum Gasteiger partial charge on any atom is -0.496 e. The van der Waals surface area contributed by atoms with Crippen molar-refractivity contribution < 1.29 is 19.4 Å². The molecule has 1 aromatic rings. The summed E-state index contributed by atoms with van der Waals surface area (Å²) < 4.78 is 10.4. The highest BCUT2D eigenvalue weighted by atomic mass is 16.5. The Morgan fingerprint density at radius 3 is 2.11 bits per heavy atom. The number of aliphatic hydroxyl groups is 1. The molecule has 0 aliphatic carbocycles. The fourth-order valence-electron chi connectivity index (χ4n) is 1.61. The van der Waals surface area contributed by atoms with E-state index in [1.165, 1.54) is 19.1 Å². The second-order valence-electron chi connectivity index (χ2n) is 4.87. The molecular formula is C14H21NO4. The van der Waals surface area contributed by atoms with Gasteiger partial charge < -0.3 is 19.5 Å². The average molecular weight is 267 g/mol. The Morgan fingerprint density at radius 1 is 1.26 bits per heavy atom. The van der Waals surface area contributed by atoms with Crippen LogP contribution in [0.25, 0.3) is 0 Å². The summed E-state index contributed by atoms with van der Waals surface area (Å²) in [5, 5.41) is 9.36. The topological polar surface area (TPSA) is 59.0 Å². The molecule has 0 saturated carbocycles. The fraction of sp³-hybridized carbons (Fsp3) is 0.500. The lowest BCUT2D eigenvalue weighted by atomic mass is 10.0. The number of carbonyl (C=O) groups excluding carboxylic acids is 1. The molecule has 1 rings (SSSR count). The van der Waals surface area contributed by atoms with Gasteiger partial charge >= 0.3 is 0 Å². The molecule has 1 aromatic carbocycles. The minimum absolute atomic E-state index is 0.132. The summed E-state index contributed by atoms with van der Waals surface area (Å²) in [6, 6.07) is 5.16. The Morgan fingerprint density at radius 2 is 1.74 bits per heavy atom. The highest BCUT2D eigenvalue weighted by Gasteiger charge is 2.31. The zero-order chi connectivity index (χ0) is 14.6. The van der Waals surface area contributed by atoms with E-state index in [2.05, 4.69) is 0 Å². The van der Waals surface area contributed by atoms with Crippen LogP contribution in [0.2, 0.25) is 0 Å². The van der Waals surface area contributed by atoms with Crippen molar-refractivity contribution in [3.05, 3.63) is 23.8 Å². The van der Waals surface area contributed by atoms with Gasteiger partial charge in [0.05, 0.1) is 26.4 Å². The Kier molecular flexibility index (Phi) is 4.78. The average Bonchev–Trinajstić information content (AvgIpc) is 2.44. The lowest BCUT2D eigenvalue weighted by molar-refractivity contribution is 0.0467. The van der Waals surface area contributed by atoms with Crippen molar-refractivity contribution in [3.63, 3.8) is 0 Å². The summed E-state index contributed by atoms with van der Waals surface area (Å²) in [5.41, 5.74) is -0.306. The molecule has 1 N–H and O–H groups in total. The number of ether oxygens (including phenoxy) is 2. The van der Waals surface area contributed by atoms with E-state index in [1.54, 1.807) is 39.1 Å². The van der Waals surface area contributed by atoms with Gasteiger partial charge in [0.15, 0.2) is 0 Å². The maximum atomic E-state index is 12.6. The van der Waals surface area contributed by atoms with E-state index in [4.69, 9.17) is 9.47 Å². The number of hydrogen-bond donors (Lipinski definition) is 1. The monoisotopic (exact) mass is 267 g/mol. The summed E-state index contributed by atoms with van der Waals surface area (Å²) in [6.45, 7) is 3.44. The first-order valence-corrected chi connectivity index (χ1v) is 5.99. The maximum absolute atomic E-state index is 12.6. The van der Waals surface area contributed by atoms with Crippen molar-refractivity contribution in [3.8, 4) is 11.5 Å². The number of methoxy groups -OCH3 is 2. The van der Waals surface area contributed by atoms with Crippen LogP contribution in [0.5, 0.6) is 11.5 Å². The van der Waals surface area contributed by atoms with Crippen LogP contribution in [0, 0.1) is 0 Å². The van der Waals surface area contributed by atoms with E-state index < -0.39 is 5.54 Å². The predicted octanol–water partition coefficient (Wildman–Crippen LogP) is 1.55. The number of amides is 1. The Labute approximate surface area is 113 Å². The third kappa shape index (κ3) is 2.98. The first-order valence-electron chi connectivity index (χ1n) is 5.99. The molecule has 1 amide bonds. The number of hydrogen-bond acceptors (Lipinski definition) is 4. The third-order valence-corrected chi connectivity index (χ3v) is 3.24. The molecule has 5 heteroatoms. The summed E-state index contributed by atoms with van der Waals surface area (Å²) in [7, 11) is 4.65. The quantitative estimate of drug-likeness (QED) is 0.879. The standard InChI is InChI=1S/C14H21NO4/c1-14(2,9-16)15(3)13(17)12-10(18-4)7-6-8-11(12)19-5/h6-8,16H,9H2,1-5H3. The van der Waals surface area contributed by atoms with E-state index in [0.717, 1.165) is 0 Å². The van der Waals surface area contributed by atoms with Crippen molar-refractivity contribution >= 4 is 5.91 Å². The lowest BCUT2D eigenvalue weighted by Crippen LogP contribution is -2.47. The third-order valence-electron chi connectivity index (χ3n) is 3.24. The van der Waals surface area contributed by atoms with Crippen LogP contribution in [0.15, 0.2) is 18.2 Å². The second kappa shape index (κ2) is 5.93. The number of aliphatic hydroxyl groups excluding tert-OH is 1. The van der Waals surface area contributed by atoms with Crippen LogP contribution >= 0.6 is 0 Å². The lowest BCUT2D eigenvalue weighted by Gasteiger charge is -2.34. The SMILES string of the molecule is COc1cccc(OC)c1C(=O)N(C)C(C)(C)CO. The molecule has 0 unspecified atom stereocenters. The molecular weight excluding hydrogens is 246 g/mol. The highest BCUT2D eigenvalue weighted by Crippen LogP contribution is 2.30. The van der Waals surface area contributed by atoms with Gasteiger partial charge in [0.2, 0.25) is 0 Å². The van der Waals surface area contributed by atoms with Gasteiger partial charge in [-0.25, -0.2) is 0 Å². The molecule has 0 atom stereocenters. The molecule has 0 aliphatic heterocycles. The van der Waals surface area contributed by atoms with E-state index >= 15 is 0 Å². The number of nitrogens with zero attached hydrogens (tertiary/aromatic N) is 1. The van der Waals surface area contributed by atoms with Gasteiger partial charge in [0.1, 0.15) is 17.1 Å². The van der Waals surface area contributed by atoms with Crippen molar-refractivity contribution in [2.45, 2.75) is 19.4 Å². The Balaban J connectivity index is 3.26. The van der Waals surface area contributed by atoms with Crippen molar-refractivity contribution in [1.29, 1.82) is 0 Å². The normalized spacial score (nSPS) is 11.1. The fourth-order valence-corrected chi connectivity index (χ4v) is 1.61. The summed E-state index contributed by atoms with van der Waals surface area (Å²) in [5.74, 6) is 0.642. The molecule has 0 heterocycles. The Hall–Kier alpha value is -1.75. The molecule has 19 heavy (non-hydrogen) atoms. The van der Waals surface area contributed by atoms with Gasteiger partial charge in [-0.05, 0) is 26.0 Å². The largest absolute Gasteiger partial charge is 0.496 e. The molecule has 0 spiro atoms. The maximum Gasteiger partial charge on any atom is 0.261 e. The smallest absolute Gasteiger partial charge is 0.261 e. The van der Waals surface area contributed by atoms with E-state index in [9.17, 15) is 9.90 Å². The highest BCUT2D eigenvalue weighted by molar-refractivity contribution is 6.00. The number of rotatable bonds is 5. The molecule has 0 fully saturated rings. The van der Waals surface area contributed by atoms with E-state index in [0.29, 0.717) is 17.1 Å². The number of carbonyl (C=O) groups is 1. The van der Waals surface area contributed by atoms with Crippen LogP contribution in [0.4, 0.5) is 0 Å². The summed E-state index contributed by atoms with van der Waals surface area (Å²) in [4.78, 5) is 14.0. The van der Waals surface area contributed by atoms with Crippen LogP contribution in [-0.2, 0) is 0 Å². The first-order chi connectivity index (χ1) is 8.88. The molecule has 0 aliphatic rings. The van der Waals surface area contributed by atoms with Gasteiger partial charge in [-0.3, -0.25) is 4.79 Å². The number of likely N-dealkylation sites (N-methyl/N-ethyl adjacent to an activating group) is 1. The van der Waals surface area contributed by atoms with Crippen LogP contribution in [0.3, 0.4) is 0 Å². The molecule has 0 radical (unpaired) electrons. The van der Waals surface area contributed by atoms with Gasteiger partial charge in [-0.2, -0.15) is 0 Å². The summed E-state index contributed by atoms with van der Waals surface area (Å²) >= 11 is 0. The molecule has 5 nitrogen and oxygen atoms in total. The molecule has 0 saturated heterocycles. The van der Waals surface area contributed by atoms with Crippen LogP contribution in [0.1, 0.15) is 24.2 Å². The molecule has 0 aromatic heterocycles. The molecule has 106 valence electrons. The zero-order valence-corrected chi connectivity index (χ0v) is 12.1. The van der Waals surface area contributed by atoms with Gasteiger partial charge in [0, 0.05) is 7.05 Å². The van der Waals surface area contributed by atoms with E-state index in [1.807, 2.05) is 0 Å². The van der Waals surface area contributed by atoms with Gasteiger partial charge in [-0.1, -0.05) is 6.07 Å². The molecule has 0 bridgehead atoms. The van der Waals surface area contributed by atoms with Crippen molar-refractivity contribution in [2.75, 3.05) is 27.9 Å². The van der Waals surface area contributed by atoms with Crippen molar-refractivity contribution in [2.24, 2.45) is 0 Å². The van der Waals surface area contributed by atoms with Gasteiger partial charge in [-0.15, -0.1) is 0 Å². The second-order valence-corrected chi connectivity index (χ2v) is 4.87. The van der Waals surface area contributed by atoms with Crippen LogP contribution in [-0.4, -0.2) is 49.3 Å². The van der Waals surface area contributed by atoms with Gasteiger partial charge in [0.25, 0.3) is 5.91 Å². The summed E-state index contributed by atoms with van der Waals surface area (Å²) in [6.07, 6.45) is 0. The Bertz CT molecular complexity index is 435.